The van der Waals surface area contributed by atoms with Gasteiger partial charge in [-0.25, -0.2) is 13.6 Å². The first kappa shape index (κ1) is 36.2. The van der Waals surface area contributed by atoms with E-state index in [-0.39, 0.29) is 17.5 Å². The van der Waals surface area contributed by atoms with Gasteiger partial charge in [-0.15, -0.1) is 0 Å². The molecule has 4 aromatic rings. The molecule has 0 bridgehead atoms. The molecule has 0 unspecified atom stereocenters. The first-order chi connectivity index (χ1) is 26.0. The van der Waals surface area contributed by atoms with Crippen LogP contribution in [-0.4, -0.2) is 91.7 Å². The van der Waals surface area contributed by atoms with Crippen LogP contribution in [0.4, 0.5) is 26.0 Å². The Morgan fingerprint density at radius 2 is 1.67 bits per heavy atom. The summed E-state index contributed by atoms with van der Waals surface area (Å²) in [6.07, 6.45) is 9.46. The molecule has 286 valence electrons. The zero-order chi connectivity index (χ0) is 37.7. The van der Waals surface area contributed by atoms with Gasteiger partial charge in [-0.1, -0.05) is 0 Å². The van der Waals surface area contributed by atoms with Crippen LogP contribution in [-0.2, 0) is 31.2 Å². The lowest BCUT2D eigenvalue weighted by molar-refractivity contribution is -0.129. The molecule has 8 rings (SSSR count). The summed E-state index contributed by atoms with van der Waals surface area (Å²) in [6.45, 7) is 5.30. The number of alkyl halides is 2. The summed E-state index contributed by atoms with van der Waals surface area (Å²) in [5.74, 6) is -0.0709. The summed E-state index contributed by atoms with van der Waals surface area (Å²) in [7, 11) is 4.07. The van der Waals surface area contributed by atoms with E-state index in [0.29, 0.717) is 48.4 Å². The summed E-state index contributed by atoms with van der Waals surface area (Å²) in [4.78, 5) is 32.9. The quantitative estimate of drug-likeness (QED) is 0.206. The van der Waals surface area contributed by atoms with Gasteiger partial charge in [0.25, 0.3) is 6.43 Å². The van der Waals surface area contributed by atoms with Crippen LogP contribution in [0.5, 0.6) is 0 Å². The minimum absolute atomic E-state index is 0.00479. The van der Waals surface area contributed by atoms with Crippen molar-refractivity contribution in [3.05, 3.63) is 76.7 Å². The van der Waals surface area contributed by atoms with Crippen LogP contribution in [0.25, 0.3) is 11.1 Å². The molecule has 5 heterocycles. The largest absolute Gasteiger partial charge is 0.478 e. The van der Waals surface area contributed by atoms with E-state index < -0.39 is 12.4 Å². The number of aromatic carboxylic acids is 1. The van der Waals surface area contributed by atoms with Gasteiger partial charge in [0.15, 0.2) is 5.82 Å². The van der Waals surface area contributed by atoms with Crippen molar-refractivity contribution in [2.45, 2.75) is 95.8 Å². The first-order valence-corrected chi connectivity index (χ1v) is 19.4. The van der Waals surface area contributed by atoms with Gasteiger partial charge in [0.05, 0.1) is 24.3 Å². The highest BCUT2D eigenvalue weighted by molar-refractivity contribution is 5.88. The van der Waals surface area contributed by atoms with E-state index >= 15 is 0 Å². The third-order valence-corrected chi connectivity index (χ3v) is 12.5. The Morgan fingerprint density at radius 1 is 0.944 bits per heavy atom. The number of rotatable bonds is 8. The smallest absolute Gasteiger partial charge is 0.335 e. The number of hydrogen-bond donors (Lipinski definition) is 1. The molecule has 0 radical (unpaired) electrons. The summed E-state index contributed by atoms with van der Waals surface area (Å²) in [5.41, 5.74) is 6.62. The minimum Gasteiger partial charge on any atom is -0.478 e. The number of hydrogen-bond acceptors (Lipinski definition) is 7. The first-order valence-electron chi connectivity index (χ1n) is 19.4. The molecule has 1 N–H and O–H groups in total. The number of aryl methyl sites for hydroxylation is 2. The number of fused-ring (bicyclic) bond motifs is 2. The summed E-state index contributed by atoms with van der Waals surface area (Å²) in [6, 6.07) is 12.0. The van der Waals surface area contributed by atoms with Crippen molar-refractivity contribution in [3.63, 3.8) is 0 Å². The SMILES string of the molecule is CC(=O)N1CCc2c(c(N3CCCc4cc(-c5cnn(C)c5)c(C(F)F)cc43)nn2C2CCC(N(C)C3CCN(c4ccc(C(=O)O)cc4)CC3)CC2)C1. The van der Waals surface area contributed by atoms with Gasteiger partial charge in [0, 0.05) is 98.6 Å². The number of carboxylic acids is 1. The number of benzene rings is 2. The van der Waals surface area contributed by atoms with Gasteiger partial charge < -0.3 is 24.7 Å². The number of carbonyl (C=O) groups excluding carboxylic acids is 1. The molecule has 2 fully saturated rings. The topological polar surface area (TPSA) is 103 Å². The molecule has 0 atom stereocenters. The van der Waals surface area contributed by atoms with Gasteiger partial charge in [-0.05, 0) is 106 Å². The van der Waals surface area contributed by atoms with Crippen LogP contribution >= 0.6 is 0 Å². The van der Waals surface area contributed by atoms with Gasteiger partial charge >= 0.3 is 5.97 Å². The second-order valence-corrected chi connectivity index (χ2v) is 15.6. The third kappa shape index (κ3) is 6.86. The number of aromatic nitrogens is 4. The van der Waals surface area contributed by atoms with E-state index in [4.69, 9.17) is 5.10 Å². The maximum absolute atomic E-state index is 14.7. The van der Waals surface area contributed by atoms with Crippen molar-refractivity contribution in [1.82, 2.24) is 29.4 Å². The fourth-order valence-corrected chi connectivity index (χ4v) is 9.43. The molecule has 1 saturated carbocycles. The lowest BCUT2D eigenvalue weighted by Crippen LogP contribution is -2.48. The monoisotopic (exact) mass is 740 g/mol. The standard InChI is InChI=1S/C41H50F2N8O3/c1-26(52)49-20-16-37-36(25-49)40(50-17-4-5-28-21-34(29-23-44-46(2)24-29)35(39(42)43)22-38(28)50)45-51(37)33-12-10-30(11-13-33)47(3)31-14-18-48(19-15-31)32-8-6-27(7-9-32)41(53)54/h6-9,21-24,30-31,33,39H,4-5,10-20,25H2,1-3H3,(H,53,54). The maximum atomic E-state index is 14.7. The molecule has 1 aliphatic carbocycles. The number of piperidine rings is 1. The summed E-state index contributed by atoms with van der Waals surface area (Å²) in [5, 5.41) is 18.8. The molecule has 4 aliphatic rings. The van der Waals surface area contributed by atoms with E-state index in [1.165, 1.54) is 5.69 Å². The number of carboxylic acid groups (broad SMARTS) is 1. The molecule has 54 heavy (non-hydrogen) atoms. The second kappa shape index (κ2) is 14.8. The zero-order valence-electron chi connectivity index (χ0n) is 31.4. The second-order valence-electron chi connectivity index (χ2n) is 15.6. The van der Waals surface area contributed by atoms with Crippen molar-refractivity contribution in [2.75, 3.05) is 43.0 Å². The molecule has 2 aromatic heterocycles. The highest BCUT2D eigenvalue weighted by Crippen LogP contribution is 2.44. The fourth-order valence-electron chi connectivity index (χ4n) is 9.43. The number of anilines is 3. The number of nitrogens with zero attached hydrogens (tertiary/aromatic N) is 8. The molecule has 2 aromatic carbocycles. The molecule has 13 heteroatoms. The van der Waals surface area contributed by atoms with E-state index in [0.717, 1.165) is 99.2 Å². The lowest BCUT2D eigenvalue weighted by Gasteiger charge is -2.43. The van der Waals surface area contributed by atoms with E-state index in [1.54, 1.807) is 49.2 Å². The molecule has 3 aliphatic heterocycles. The van der Waals surface area contributed by atoms with Crippen molar-refractivity contribution in [3.8, 4) is 11.1 Å². The van der Waals surface area contributed by atoms with Gasteiger partial charge in [0.1, 0.15) is 0 Å². The van der Waals surface area contributed by atoms with Crippen LogP contribution in [0.1, 0.15) is 97.1 Å². The molecule has 11 nitrogen and oxygen atoms in total. The van der Waals surface area contributed by atoms with Gasteiger partial charge in [0.2, 0.25) is 5.91 Å². The normalized spacial score (nSPS) is 20.8. The lowest BCUT2D eigenvalue weighted by atomic mass is 9.88. The Morgan fingerprint density at radius 3 is 2.31 bits per heavy atom. The molecule has 1 saturated heterocycles. The molecule has 0 spiro atoms. The Labute approximate surface area is 315 Å². The van der Waals surface area contributed by atoms with Crippen molar-refractivity contribution in [2.24, 2.45) is 7.05 Å². The average molecular weight is 741 g/mol. The highest BCUT2D eigenvalue weighted by Gasteiger charge is 2.36. The zero-order valence-corrected chi connectivity index (χ0v) is 31.4. The average Bonchev–Trinajstić information content (AvgIpc) is 3.80. The van der Waals surface area contributed by atoms with Crippen molar-refractivity contribution < 1.29 is 23.5 Å². The summed E-state index contributed by atoms with van der Waals surface area (Å²) < 4.78 is 33.2. The number of halogens is 2. The number of amides is 1. The van der Waals surface area contributed by atoms with Crippen molar-refractivity contribution in [1.29, 1.82) is 0 Å². The van der Waals surface area contributed by atoms with E-state index in [9.17, 15) is 23.5 Å². The Hall–Kier alpha value is -4.78. The van der Waals surface area contributed by atoms with Crippen LogP contribution < -0.4 is 9.80 Å². The minimum atomic E-state index is -2.65. The van der Waals surface area contributed by atoms with Crippen LogP contribution in [0, 0.1) is 0 Å². The van der Waals surface area contributed by atoms with E-state index in [2.05, 4.69) is 31.5 Å². The fraction of sp³-hybridized carbons (Fsp3) is 0.512. The predicted molar refractivity (Wildman–Crippen MR) is 204 cm³/mol. The maximum Gasteiger partial charge on any atom is 0.335 e. The molecular weight excluding hydrogens is 690 g/mol. The predicted octanol–water partition coefficient (Wildman–Crippen LogP) is 6.99. The highest BCUT2D eigenvalue weighted by atomic mass is 19.3. The Kier molecular flexibility index (Phi) is 9.93. The third-order valence-electron chi connectivity index (χ3n) is 12.5. The van der Waals surface area contributed by atoms with Crippen LogP contribution in [0.2, 0.25) is 0 Å². The van der Waals surface area contributed by atoms with Crippen LogP contribution in [0.3, 0.4) is 0 Å². The number of carbonyl (C=O) groups is 2. The van der Waals surface area contributed by atoms with Crippen LogP contribution in [0.15, 0.2) is 48.8 Å². The summed E-state index contributed by atoms with van der Waals surface area (Å²) >= 11 is 0. The van der Waals surface area contributed by atoms with Gasteiger partial charge in [-0.3, -0.25) is 14.2 Å². The molecular formula is C41H50F2N8O3. The van der Waals surface area contributed by atoms with Gasteiger partial charge in [-0.2, -0.15) is 10.2 Å². The Bertz CT molecular complexity index is 2010. The Balaban J connectivity index is 1.00. The van der Waals surface area contributed by atoms with E-state index in [1.807, 2.05) is 23.1 Å². The van der Waals surface area contributed by atoms with Crippen molar-refractivity contribution >= 4 is 29.1 Å². The molecule has 1 amide bonds.